The Kier molecular flexibility index (Phi) is 28.0. The second-order valence-electron chi connectivity index (χ2n) is 31.9. The number of amides is 12. The van der Waals surface area contributed by atoms with Crippen molar-refractivity contribution in [2.75, 3.05) is 74.0 Å². The van der Waals surface area contributed by atoms with Crippen LogP contribution in [0.25, 0.3) is 22.6 Å². The summed E-state index contributed by atoms with van der Waals surface area (Å²) in [4.78, 5) is 259. The van der Waals surface area contributed by atoms with Crippen LogP contribution in [0.4, 0.5) is 0 Å². The average molecular weight is 1600 g/mol. The summed E-state index contributed by atoms with van der Waals surface area (Å²) in [6, 6.07) is -8.74. The lowest BCUT2D eigenvalue weighted by Crippen LogP contribution is -2.61. The van der Waals surface area contributed by atoms with Crippen molar-refractivity contribution in [3.05, 3.63) is 50.2 Å². The molecule has 1 aromatic carbocycles. The number of imide groups is 1. The molecule has 5 saturated heterocycles. The van der Waals surface area contributed by atoms with E-state index in [2.05, 4.69) is 21.3 Å². The summed E-state index contributed by atoms with van der Waals surface area (Å²) in [6.45, 7) is 16.9. The van der Waals surface area contributed by atoms with E-state index in [1.807, 2.05) is 0 Å². The van der Waals surface area contributed by atoms with Gasteiger partial charge in [-0.2, -0.15) is 11.8 Å². The van der Waals surface area contributed by atoms with Gasteiger partial charge in [-0.3, -0.25) is 76.8 Å². The summed E-state index contributed by atoms with van der Waals surface area (Å²) in [5.74, 6) is -16.9. The Morgan fingerprint density at radius 2 is 1.10 bits per heavy atom. The van der Waals surface area contributed by atoms with Crippen molar-refractivity contribution < 1.29 is 100 Å². The fraction of sp³-hybridized carbons (Fsp3) is 0.641. The fourth-order valence-corrected chi connectivity index (χ4v) is 16.5. The Labute approximate surface area is 659 Å². The molecule has 2 aliphatic carbocycles. The Hall–Kier alpha value is -10.1. The number of ether oxygens (including phenoxy) is 4. The van der Waals surface area contributed by atoms with E-state index < -0.39 is 238 Å². The van der Waals surface area contributed by atoms with Gasteiger partial charge in [0.1, 0.15) is 71.8 Å². The number of esters is 4. The van der Waals surface area contributed by atoms with Crippen LogP contribution in [0.1, 0.15) is 164 Å². The molecule has 0 radical (unpaired) electrons. The zero-order valence-corrected chi connectivity index (χ0v) is 68.1. The van der Waals surface area contributed by atoms with E-state index in [-0.39, 0.29) is 78.9 Å². The standard InChI is InChI=1S/C78H106N12O22S/c1-36(2)56-74(103)88-28-18-20-48(88)71(100)84(13)33-52(92)86(15)62(38(5)6)77(106)110-42(11)58(69(98)80-56)82-67(96)46-27-22-40(9)65-60(46)79-61-55(47(64(95)41(10)66(61)112-65)30-54(94)108-35-109-76(105)45-25-23-44(24-26-45)32-90-51(91)31-50(113-17)73(90)102)68(97)83-59-43(12)111-78(107)63(39(7)8)87(16)53(93)34-85(14)72(101)49-21-19-29-89(49)75(104)57(37(3)4)81-70(59)99/h22,27,36-39,42-45,48-50,56-59,62-63H,18-21,23-26,28-35H2,1-17H3,(H,80,98)(H,81,99)(H,82,96)(H,83,97). The number of fused-ring (bicyclic) bond motifs is 4. The lowest BCUT2D eigenvalue weighted by Gasteiger charge is -2.36. The molecule has 1 saturated carbocycles. The number of hydrogen-bond acceptors (Lipinski definition) is 24. The Morgan fingerprint density at radius 1 is 0.611 bits per heavy atom. The Morgan fingerprint density at radius 3 is 1.56 bits per heavy atom. The molecule has 12 amide bonds. The van der Waals surface area contributed by atoms with Crippen LogP contribution < -0.4 is 26.7 Å². The number of hydrogen-bond donors (Lipinski definition) is 4. The molecule has 6 fully saturated rings. The lowest BCUT2D eigenvalue weighted by molar-refractivity contribution is -0.171. The molecule has 8 aliphatic rings. The number of likely N-dealkylation sites (N-methyl/N-ethyl adjacent to an activating group) is 4. The molecule has 113 heavy (non-hydrogen) atoms. The number of carbonyl (C=O) groups is 16. The first-order valence-electron chi connectivity index (χ1n) is 38.5. The maximum atomic E-state index is 16.0. The third-order valence-electron chi connectivity index (χ3n) is 22.4. The first kappa shape index (κ1) is 86.9. The molecular weight excluding hydrogens is 1490 g/mol. The molecule has 0 aromatic heterocycles. The van der Waals surface area contributed by atoms with Crippen molar-refractivity contribution in [3.63, 3.8) is 0 Å². The summed E-state index contributed by atoms with van der Waals surface area (Å²) in [5.41, 5.74) is -3.96. The number of cyclic esters (lactones) is 2. The molecule has 11 unspecified atom stereocenters. The van der Waals surface area contributed by atoms with Crippen molar-refractivity contribution in [1.29, 1.82) is 0 Å². The second kappa shape index (κ2) is 36.4. The summed E-state index contributed by atoms with van der Waals surface area (Å²) in [6.07, 6.45) is 0.262. The molecule has 6 aliphatic heterocycles. The number of nitrogens with one attached hydrogen (secondary N) is 4. The molecule has 616 valence electrons. The van der Waals surface area contributed by atoms with Gasteiger partial charge in [0.25, 0.3) is 11.8 Å². The molecule has 1 aromatic rings. The van der Waals surface area contributed by atoms with Crippen LogP contribution in [0, 0.1) is 49.4 Å². The van der Waals surface area contributed by atoms with Gasteiger partial charge >= 0.3 is 23.9 Å². The van der Waals surface area contributed by atoms with E-state index in [1.165, 1.54) is 92.5 Å². The molecule has 0 spiro atoms. The maximum Gasteiger partial charge on any atom is 0.329 e. The highest BCUT2D eigenvalue weighted by molar-refractivity contribution is 8.00. The van der Waals surface area contributed by atoms with Gasteiger partial charge in [-0.05, 0) is 127 Å². The number of aromatic nitrogens is 1. The molecule has 0 bridgehead atoms. The van der Waals surface area contributed by atoms with E-state index in [0.717, 1.165) is 14.7 Å². The highest BCUT2D eigenvalue weighted by Crippen LogP contribution is 2.37. The number of likely N-dealkylation sites (tertiary alicyclic amines) is 1. The van der Waals surface area contributed by atoms with Gasteiger partial charge < -0.3 is 74.0 Å². The quantitative estimate of drug-likeness (QED) is 0.0524. The maximum absolute atomic E-state index is 16.0. The second-order valence-corrected chi connectivity index (χ2v) is 32.9. The van der Waals surface area contributed by atoms with Gasteiger partial charge in [-0.1, -0.05) is 61.5 Å². The highest BCUT2D eigenvalue weighted by Gasteiger charge is 2.48. The predicted octanol–water partition coefficient (Wildman–Crippen LogP) is 2.03. The molecule has 4 N–H and O–H groups in total. The normalized spacial score (nSPS) is 26.7. The number of thioether (sulfide) groups is 1. The number of aryl methyl sites for hydroxylation is 1. The minimum absolute atomic E-state index is 0.0793. The van der Waals surface area contributed by atoms with Crippen LogP contribution in [0.5, 0.6) is 0 Å². The van der Waals surface area contributed by atoms with Crippen molar-refractivity contribution >= 4 is 118 Å². The smallest absolute Gasteiger partial charge is 0.329 e. The van der Waals surface area contributed by atoms with Gasteiger partial charge in [0.05, 0.1) is 41.8 Å². The number of rotatable bonds is 16. The minimum atomic E-state index is -2.05. The van der Waals surface area contributed by atoms with Crippen molar-refractivity contribution in [2.24, 2.45) is 35.5 Å². The fourth-order valence-electron chi connectivity index (χ4n) is 15.8. The number of nitrogens with zero attached hydrogens (tertiary/aromatic N) is 8. The van der Waals surface area contributed by atoms with Crippen LogP contribution in [0.15, 0.2) is 21.3 Å². The third kappa shape index (κ3) is 18.8. The lowest BCUT2D eigenvalue weighted by atomic mass is 9.82. The van der Waals surface area contributed by atoms with Crippen LogP contribution in [0.2, 0.25) is 0 Å². The zero-order valence-electron chi connectivity index (χ0n) is 67.3. The number of carbonyl (C=O) groups excluding carboxylic acids is 16. The Balaban J connectivity index is 1.13. The van der Waals surface area contributed by atoms with Gasteiger partial charge in [0, 0.05) is 65.4 Å². The Bertz CT molecular complexity index is 4300. The molecule has 11 atom stereocenters. The van der Waals surface area contributed by atoms with Crippen molar-refractivity contribution in [2.45, 2.75) is 213 Å². The predicted molar refractivity (Wildman–Crippen MR) is 406 cm³/mol. The van der Waals surface area contributed by atoms with E-state index in [9.17, 15) is 57.5 Å². The van der Waals surface area contributed by atoms with E-state index >= 15 is 24.0 Å². The van der Waals surface area contributed by atoms with E-state index in [1.54, 1.807) is 68.6 Å². The molecule has 9 rings (SSSR count). The van der Waals surface area contributed by atoms with Crippen molar-refractivity contribution in [1.82, 2.24) is 60.6 Å². The van der Waals surface area contributed by atoms with Crippen LogP contribution in [-0.2, 0) is 92.5 Å². The molecule has 6 heterocycles. The molecule has 35 heteroatoms. The van der Waals surface area contributed by atoms with E-state index in [4.69, 9.17) is 28.3 Å². The first-order valence-corrected chi connectivity index (χ1v) is 39.8. The van der Waals surface area contributed by atoms with Crippen LogP contribution in [-0.4, -0.2) is 274 Å². The minimum Gasteiger partial charge on any atom is -0.458 e. The monoisotopic (exact) mass is 1590 g/mol. The van der Waals surface area contributed by atoms with E-state index in [0.29, 0.717) is 38.5 Å². The molecule has 34 nitrogen and oxygen atoms in total. The van der Waals surface area contributed by atoms with Crippen LogP contribution >= 0.6 is 11.8 Å². The first-order chi connectivity index (χ1) is 53.2. The zero-order chi connectivity index (χ0) is 83.4. The van der Waals surface area contributed by atoms with Crippen LogP contribution in [0.3, 0.4) is 0 Å². The van der Waals surface area contributed by atoms with Gasteiger partial charge in [0.15, 0.2) is 16.8 Å². The van der Waals surface area contributed by atoms with Crippen molar-refractivity contribution in [3.8, 4) is 11.5 Å². The largest absolute Gasteiger partial charge is 0.458 e. The summed E-state index contributed by atoms with van der Waals surface area (Å²) in [7, 11) is 5.48. The van der Waals surface area contributed by atoms with Gasteiger partial charge in [0.2, 0.25) is 65.9 Å². The average Bonchev–Trinajstić information content (AvgIpc) is 1.12. The van der Waals surface area contributed by atoms with Gasteiger partial charge in [-0.15, -0.1) is 0 Å². The highest BCUT2D eigenvalue weighted by atomic mass is 32.2. The number of benzene rings is 2. The SMILES string of the molecule is CSC1CC(=O)N(CC2CCC(C(=O)OCOC(=O)Cc3c(C(=O)NC4C(=O)NC(C(C)C)C(=O)N5CCCC5C(=O)N(C)CC(=O)N(C)C(C(C)C)C(=O)OC4C)c4nc5c(C(=O)NC6C(=O)NC(C(C)C)C(=O)N7CCCC7C(=O)N(C)CC(=O)N(C)C(C(C)C)C(=O)OC6C)ccc(C)c5oc-4c(C)c3=O)CC2)C1=O. The third-order valence-corrected chi connectivity index (χ3v) is 23.4. The van der Waals surface area contributed by atoms with Gasteiger partial charge in [-0.25, -0.2) is 14.6 Å². The summed E-state index contributed by atoms with van der Waals surface area (Å²) < 4.78 is 29.5. The summed E-state index contributed by atoms with van der Waals surface area (Å²) in [5, 5.41) is 10.2. The topological polar surface area (TPSA) is 424 Å². The molecular formula is C78H106N12O22S. The summed E-state index contributed by atoms with van der Waals surface area (Å²) >= 11 is 1.30.